The predicted molar refractivity (Wildman–Crippen MR) is 52.5 cm³/mol. The Kier molecular flexibility index (Phi) is 4.21. The number of amides is 2. The lowest BCUT2D eigenvalue weighted by molar-refractivity contribution is -0.123. The molecular formula is C8H13BrN2O2. The molecule has 0 aliphatic heterocycles. The summed E-state index contributed by atoms with van der Waals surface area (Å²) in [4.78, 5) is 21.8. The number of halogens is 1. The Balaban J connectivity index is 1.94. The van der Waals surface area contributed by atoms with E-state index >= 15 is 0 Å². The Morgan fingerprint density at radius 3 is 2.38 bits per heavy atom. The second kappa shape index (κ2) is 5.21. The van der Waals surface area contributed by atoms with Crippen LogP contribution < -0.4 is 10.6 Å². The second-order valence-electron chi connectivity index (χ2n) is 3.05. The number of hydrogen-bond donors (Lipinski definition) is 2. The minimum atomic E-state index is -0.0549. The van der Waals surface area contributed by atoms with E-state index in [2.05, 4.69) is 26.6 Å². The Morgan fingerprint density at radius 2 is 1.85 bits per heavy atom. The van der Waals surface area contributed by atoms with Gasteiger partial charge in [0.05, 0.1) is 5.33 Å². The summed E-state index contributed by atoms with van der Waals surface area (Å²) in [6.07, 6.45) is 2.03. The van der Waals surface area contributed by atoms with Gasteiger partial charge in [-0.2, -0.15) is 0 Å². The third kappa shape index (κ3) is 4.26. The van der Waals surface area contributed by atoms with Crippen molar-refractivity contribution in [3.05, 3.63) is 0 Å². The van der Waals surface area contributed by atoms with Crippen LogP contribution in [0, 0.1) is 5.92 Å². The molecule has 2 amide bonds. The molecule has 0 aromatic rings. The molecule has 0 bridgehead atoms. The van der Waals surface area contributed by atoms with Crippen LogP contribution >= 0.6 is 15.9 Å². The molecule has 1 aliphatic carbocycles. The zero-order valence-electron chi connectivity index (χ0n) is 7.31. The fourth-order valence-electron chi connectivity index (χ4n) is 0.925. The number of rotatable bonds is 5. The molecule has 1 fully saturated rings. The third-order valence-electron chi connectivity index (χ3n) is 1.82. The van der Waals surface area contributed by atoms with Crippen LogP contribution in [0.1, 0.15) is 12.8 Å². The lowest BCUT2D eigenvalue weighted by atomic mass is 10.4. The maximum absolute atomic E-state index is 11.1. The fourth-order valence-corrected chi connectivity index (χ4v) is 1.12. The van der Waals surface area contributed by atoms with E-state index in [-0.39, 0.29) is 17.7 Å². The van der Waals surface area contributed by atoms with Crippen LogP contribution in [0.4, 0.5) is 0 Å². The number of nitrogens with one attached hydrogen (secondary N) is 2. The number of carbonyl (C=O) groups excluding carboxylic acids is 2. The lowest BCUT2D eigenvalue weighted by Gasteiger charge is -2.04. The molecule has 0 atom stereocenters. The average Bonchev–Trinajstić information content (AvgIpc) is 2.94. The van der Waals surface area contributed by atoms with Crippen LogP contribution in [0.3, 0.4) is 0 Å². The predicted octanol–water partition coefficient (Wildman–Crippen LogP) is 0.0237. The molecule has 1 rings (SSSR count). The minimum absolute atomic E-state index is 0.0549. The first-order valence-electron chi connectivity index (χ1n) is 4.34. The molecule has 13 heavy (non-hydrogen) atoms. The molecular weight excluding hydrogens is 236 g/mol. The summed E-state index contributed by atoms with van der Waals surface area (Å²) >= 11 is 3.03. The van der Waals surface area contributed by atoms with Crippen molar-refractivity contribution < 1.29 is 9.59 Å². The van der Waals surface area contributed by atoms with Crippen LogP contribution in [0.15, 0.2) is 0 Å². The van der Waals surface area contributed by atoms with Gasteiger partial charge in [0, 0.05) is 19.0 Å². The van der Waals surface area contributed by atoms with Crippen molar-refractivity contribution in [1.82, 2.24) is 10.6 Å². The van der Waals surface area contributed by atoms with Gasteiger partial charge < -0.3 is 10.6 Å². The molecule has 2 N–H and O–H groups in total. The highest BCUT2D eigenvalue weighted by Gasteiger charge is 2.28. The van der Waals surface area contributed by atoms with Crippen LogP contribution in [0.25, 0.3) is 0 Å². The van der Waals surface area contributed by atoms with Crippen molar-refractivity contribution in [2.24, 2.45) is 5.92 Å². The molecule has 1 saturated carbocycles. The van der Waals surface area contributed by atoms with Crippen molar-refractivity contribution in [3.8, 4) is 0 Å². The van der Waals surface area contributed by atoms with Gasteiger partial charge in [-0.05, 0) is 12.8 Å². The molecule has 0 saturated heterocycles. The molecule has 0 radical (unpaired) electrons. The van der Waals surface area contributed by atoms with E-state index in [1.165, 1.54) is 0 Å². The first-order chi connectivity index (χ1) is 6.24. The normalized spacial score (nSPS) is 15.2. The van der Waals surface area contributed by atoms with E-state index < -0.39 is 0 Å². The first-order valence-corrected chi connectivity index (χ1v) is 5.46. The highest BCUT2D eigenvalue weighted by Crippen LogP contribution is 2.28. The summed E-state index contributed by atoms with van der Waals surface area (Å²) in [5.74, 6) is 0.306. The Labute approximate surface area is 85.6 Å². The smallest absolute Gasteiger partial charge is 0.230 e. The second-order valence-corrected chi connectivity index (χ2v) is 3.61. The SMILES string of the molecule is O=C(CBr)NCCNC(=O)C1CC1. The van der Waals surface area contributed by atoms with Gasteiger partial charge >= 0.3 is 0 Å². The van der Waals surface area contributed by atoms with Crippen LogP contribution in [0.2, 0.25) is 0 Å². The molecule has 0 unspecified atom stereocenters. The molecule has 0 aromatic carbocycles. The van der Waals surface area contributed by atoms with Crippen molar-refractivity contribution >= 4 is 27.7 Å². The molecule has 5 heteroatoms. The summed E-state index contributed by atoms with van der Waals surface area (Å²) in [5.41, 5.74) is 0. The van der Waals surface area contributed by atoms with Crippen molar-refractivity contribution in [2.45, 2.75) is 12.8 Å². The maximum atomic E-state index is 11.1. The fraction of sp³-hybridized carbons (Fsp3) is 0.750. The summed E-state index contributed by atoms with van der Waals surface area (Å²) in [5, 5.41) is 5.71. The third-order valence-corrected chi connectivity index (χ3v) is 2.33. The molecule has 4 nitrogen and oxygen atoms in total. The highest BCUT2D eigenvalue weighted by atomic mass is 79.9. The standard InChI is InChI=1S/C8H13BrN2O2/c9-5-7(12)10-3-4-11-8(13)6-1-2-6/h6H,1-5H2,(H,10,12)(H,11,13). The Morgan fingerprint density at radius 1 is 1.23 bits per heavy atom. The molecule has 1 aliphatic rings. The Bertz CT molecular complexity index is 204. The van der Waals surface area contributed by atoms with Gasteiger partial charge in [-0.15, -0.1) is 0 Å². The van der Waals surface area contributed by atoms with Gasteiger partial charge in [-0.25, -0.2) is 0 Å². The average molecular weight is 249 g/mol. The van der Waals surface area contributed by atoms with E-state index in [4.69, 9.17) is 0 Å². The highest BCUT2D eigenvalue weighted by molar-refractivity contribution is 9.09. The minimum Gasteiger partial charge on any atom is -0.354 e. The van der Waals surface area contributed by atoms with E-state index in [9.17, 15) is 9.59 Å². The monoisotopic (exact) mass is 248 g/mol. The van der Waals surface area contributed by atoms with Crippen molar-refractivity contribution in [2.75, 3.05) is 18.4 Å². The number of alkyl halides is 1. The van der Waals surface area contributed by atoms with Crippen LogP contribution in [0.5, 0.6) is 0 Å². The number of hydrogen-bond acceptors (Lipinski definition) is 2. The summed E-state index contributed by atoms with van der Waals surface area (Å²) in [6.45, 7) is 1.02. The largest absolute Gasteiger partial charge is 0.354 e. The quantitative estimate of drug-likeness (QED) is 0.533. The van der Waals surface area contributed by atoms with Gasteiger partial charge in [-0.1, -0.05) is 15.9 Å². The maximum Gasteiger partial charge on any atom is 0.230 e. The molecule has 74 valence electrons. The Hall–Kier alpha value is -0.580. The van der Waals surface area contributed by atoms with Crippen molar-refractivity contribution in [3.63, 3.8) is 0 Å². The van der Waals surface area contributed by atoms with Gasteiger partial charge in [0.2, 0.25) is 11.8 Å². The van der Waals surface area contributed by atoms with Crippen LogP contribution in [-0.2, 0) is 9.59 Å². The molecule has 0 heterocycles. The van der Waals surface area contributed by atoms with E-state index in [1.54, 1.807) is 0 Å². The van der Waals surface area contributed by atoms with Gasteiger partial charge in [0.1, 0.15) is 0 Å². The van der Waals surface area contributed by atoms with Crippen LogP contribution in [-0.4, -0.2) is 30.2 Å². The zero-order valence-corrected chi connectivity index (χ0v) is 8.89. The van der Waals surface area contributed by atoms with E-state index in [0.29, 0.717) is 18.4 Å². The lowest BCUT2D eigenvalue weighted by Crippen LogP contribution is -2.35. The van der Waals surface area contributed by atoms with E-state index in [1.807, 2.05) is 0 Å². The summed E-state index contributed by atoms with van der Waals surface area (Å²) in [6, 6.07) is 0. The number of carbonyl (C=O) groups is 2. The zero-order chi connectivity index (χ0) is 9.68. The first kappa shape index (κ1) is 10.5. The van der Waals surface area contributed by atoms with Gasteiger partial charge in [-0.3, -0.25) is 9.59 Å². The van der Waals surface area contributed by atoms with E-state index in [0.717, 1.165) is 12.8 Å². The molecule has 0 spiro atoms. The molecule has 0 aromatic heterocycles. The van der Waals surface area contributed by atoms with Crippen molar-refractivity contribution in [1.29, 1.82) is 0 Å². The van der Waals surface area contributed by atoms with Gasteiger partial charge in [0.15, 0.2) is 0 Å². The van der Waals surface area contributed by atoms with Gasteiger partial charge in [0.25, 0.3) is 0 Å². The summed E-state index contributed by atoms with van der Waals surface area (Å²) in [7, 11) is 0. The topological polar surface area (TPSA) is 58.2 Å². The summed E-state index contributed by atoms with van der Waals surface area (Å²) < 4.78 is 0.